The summed E-state index contributed by atoms with van der Waals surface area (Å²) in [5, 5.41) is 7.23. The van der Waals surface area contributed by atoms with E-state index < -0.39 is 0 Å². The van der Waals surface area contributed by atoms with Gasteiger partial charge in [-0.1, -0.05) is 11.6 Å². The molecule has 2 saturated heterocycles. The maximum atomic E-state index is 13.2. The third-order valence-corrected chi connectivity index (χ3v) is 5.88. The molecule has 0 atom stereocenters. The molecule has 2 heterocycles. The molecule has 2 N–H and O–H groups in total. The van der Waals surface area contributed by atoms with Gasteiger partial charge >= 0.3 is 0 Å². The first-order valence-electron chi connectivity index (χ1n) is 9.98. The van der Waals surface area contributed by atoms with Gasteiger partial charge in [0.1, 0.15) is 5.82 Å². The van der Waals surface area contributed by atoms with E-state index in [0.717, 1.165) is 69.5 Å². The Kier molecular flexibility index (Phi) is 6.25. The molecule has 0 aromatic heterocycles. The Morgan fingerprint density at radius 3 is 2.48 bits per heavy atom. The number of hydrogen-bond acceptors (Lipinski definition) is 5. The highest BCUT2D eigenvalue weighted by atomic mass is 35.5. The molecule has 7 heteroatoms. The van der Waals surface area contributed by atoms with Crippen molar-refractivity contribution in [2.45, 2.75) is 6.92 Å². The fraction of sp³-hybridized carbons (Fsp3) is 0.455. The first-order valence-corrected chi connectivity index (χ1v) is 10.4. The average Bonchev–Trinajstić information content (AvgIpc) is 2.68. The van der Waals surface area contributed by atoms with Crippen molar-refractivity contribution in [1.82, 2.24) is 4.90 Å². The molecule has 156 valence electrons. The first kappa shape index (κ1) is 20.4. The molecule has 29 heavy (non-hydrogen) atoms. The zero-order chi connectivity index (χ0) is 20.3. The number of benzene rings is 2. The molecule has 0 saturated carbocycles. The van der Waals surface area contributed by atoms with Crippen LogP contribution in [0.25, 0.3) is 0 Å². The van der Waals surface area contributed by atoms with Gasteiger partial charge in [-0.05, 0) is 48.9 Å². The van der Waals surface area contributed by atoms with E-state index >= 15 is 0 Å². The summed E-state index contributed by atoms with van der Waals surface area (Å²) >= 11 is 6.11. The molecule has 2 aromatic carbocycles. The van der Waals surface area contributed by atoms with Crippen molar-refractivity contribution in [3.05, 3.63) is 52.8 Å². The Morgan fingerprint density at radius 2 is 1.83 bits per heavy atom. The van der Waals surface area contributed by atoms with Crippen molar-refractivity contribution >= 4 is 28.7 Å². The number of nitrogens with zero attached hydrogens (tertiary/aromatic N) is 1. The SMILES string of the molecule is Cc1cc(Nc2ccc(F)cc2Cl)ccc1NCC1(CN2CCOCC2)COC1. The van der Waals surface area contributed by atoms with Gasteiger partial charge in [0.2, 0.25) is 0 Å². The topological polar surface area (TPSA) is 45.8 Å². The molecule has 5 nitrogen and oxygen atoms in total. The summed E-state index contributed by atoms with van der Waals surface area (Å²) < 4.78 is 24.2. The van der Waals surface area contributed by atoms with E-state index in [0.29, 0.717) is 10.7 Å². The van der Waals surface area contributed by atoms with Gasteiger partial charge in [-0.25, -0.2) is 4.39 Å². The van der Waals surface area contributed by atoms with Gasteiger partial charge in [-0.15, -0.1) is 0 Å². The highest BCUT2D eigenvalue weighted by Gasteiger charge is 2.40. The Labute approximate surface area is 176 Å². The van der Waals surface area contributed by atoms with E-state index in [2.05, 4.69) is 34.6 Å². The molecule has 0 unspecified atom stereocenters. The van der Waals surface area contributed by atoms with Gasteiger partial charge in [0.05, 0.1) is 37.1 Å². The second-order valence-corrected chi connectivity index (χ2v) is 8.42. The van der Waals surface area contributed by atoms with Crippen LogP contribution in [0.4, 0.5) is 21.5 Å². The summed E-state index contributed by atoms with van der Waals surface area (Å²) in [7, 11) is 0. The fourth-order valence-electron chi connectivity index (χ4n) is 3.84. The van der Waals surface area contributed by atoms with E-state index in [1.165, 1.54) is 12.1 Å². The van der Waals surface area contributed by atoms with Gasteiger partial charge in [0.25, 0.3) is 0 Å². The van der Waals surface area contributed by atoms with Crippen LogP contribution in [0.2, 0.25) is 5.02 Å². The lowest BCUT2D eigenvalue weighted by Gasteiger charge is -2.45. The van der Waals surface area contributed by atoms with Crippen LogP contribution in [-0.4, -0.2) is 57.5 Å². The maximum absolute atomic E-state index is 13.2. The quantitative estimate of drug-likeness (QED) is 0.701. The number of morpholine rings is 1. The van der Waals surface area contributed by atoms with Crippen LogP contribution in [0, 0.1) is 18.2 Å². The molecule has 2 aliphatic rings. The van der Waals surface area contributed by atoms with Crippen molar-refractivity contribution in [3.63, 3.8) is 0 Å². The number of halogens is 2. The molecule has 0 spiro atoms. The van der Waals surface area contributed by atoms with Gasteiger partial charge in [0, 0.05) is 43.0 Å². The summed E-state index contributed by atoms with van der Waals surface area (Å²) in [5.74, 6) is -0.345. The van der Waals surface area contributed by atoms with Gasteiger partial charge < -0.3 is 20.1 Å². The van der Waals surface area contributed by atoms with E-state index in [4.69, 9.17) is 21.1 Å². The van der Waals surface area contributed by atoms with Crippen LogP contribution in [0.5, 0.6) is 0 Å². The first-order chi connectivity index (χ1) is 14.0. The van der Waals surface area contributed by atoms with E-state index in [1.54, 1.807) is 6.07 Å². The molecule has 2 aliphatic heterocycles. The molecule has 2 aromatic rings. The third kappa shape index (κ3) is 5.01. The van der Waals surface area contributed by atoms with Crippen LogP contribution < -0.4 is 10.6 Å². The molecule has 0 amide bonds. The predicted octanol–water partition coefficient (Wildman–Crippen LogP) is 4.29. The van der Waals surface area contributed by atoms with Crippen molar-refractivity contribution in [2.24, 2.45) is 5.41 Å². The third-order valence-electron chi connectivity index (χ3n) is 5.57. The lowest BCUT2D eigenvalue weighted by atomic mass is 9.84. The van der Waals surface area contributed by atoms with Crippen LogP contribution in [0.15, 0.2) is 36.4 Å². The summed E-state index contributed by atoms with van der Waals surface area (Å²) in [5.41, 5.74) is 3.99. The van der Waals surface area contributed by atoms with Gasteiger partial charge in [-0.3, -0.25) is 4.90 Å². The average molecular weight is 420 g/mol. The monoisotopic (exact) mass is 419 g/mol. The predicted molar refractivity (Wildman–Crippen MR) is 115 cm³/mol. The summed E-state index contributed by atoms with van der Waals surface area (Å²) in [6.07, 6.45) is 0. The highest BCUT2D eigenvalue weighted by Crippen LogP contribution is 2.32. The second-order valence-electron chi connectivity index (χ2n) is 8.01. The number of rotatable bonds is 7. The standard InChI is InChI=1S/C22H27ClFN3O2/c1-16-10-18(26-21-4-2-17(24)11-19(21)23)3-5-20(16)25-12-22(14-29-15-22)13-27-6-8-28-9-7-27/h2-5,10-11,25-26H,6-9,12-15H2,1H3. The minimum absolute atomic E-state index is 0.155. The van der Waals surface area contributed by atoms with Crippen LogP contribution in [0.3, 0.4) is 0 Å². The highest BCUT2D eigenvalue weighted by molar-refractivity contribution is 6.33. The van der Waals surface area contributed by atoms with E-state index in [1.807, 2.05) is 6.07 Å². The van der Waals surface area contributed by atoms with Gasteiger partial charge in [-0.2, -0.15) is 0 Å². The summed E-state index contributed by atoms with van der Waals surface area (Å²) in [6.45, 7) is 9.18. The smallest absolute Gasteiger partial charge is 0.124 e. The van der Waals surface area contributed by atoms with Crippen molar-refractivity contribution < 1.29 is 13.9 Å². The number of aryl methyl sites for hydroxylation is 1. The molecule has 0 radical (unpaired) electrons. The molecule has 0 aliphatic carbocycles. The number of ether oxygens (including phenoxy) is 2. The van der Waals surface area contributed by atoms with E-state index in [-0.39, 0.29) is 11.2 Å². The maximum Gasteiger partial charge on any atom is 0.124 e. The summed E-state index contributed by atoms with van der Waals surface area (Å²) in [6, 6.07) is 10.5. The minimum Gasteiger partial charge on any atom is -0.384 e. The minimum atomic E-state index is -0.345. The lowest BCUT2D eigenvalue weighted by Crippen LogP contribution is -2.56. The molecule has 2 fully saturated rings. The Bertz CT molecular complexity index is 854. The zero-order valence-corrected chi connectivity index (χ0v) is 17.4. The second kappa shape index (κ2) is 8.88. The van der Waals surface area contributed by atoms with Crippen LogP contribution in [-0.2, 0) is 9.47 Å². The largest absolute Gasteiger partial charge is 0.384 e. The Balaban J connectivity index is 1.37. The molecule has 4 rings (SSSR count). The van der Waals surface area contributed by atoms with Gasteiger partial charge in [0.15, 0.2) is 0 Å². The van der Waals surface area contributed by atoms with Crippen molar-refractivity contribution in [3.8, 4) is 0 Å². The molecular weight excluding hydrogens is 393 g/mol. The summed E-state index contributed by atoms with van der Waals surface area (Å²) in [4.78, 5) is 2.47. The van der Waals surface area contributed by atoms with Crippen molar-refractivity contribution in [1.29, 1.82) is 0 Å². The number of nitrogens with one attached hydrogen (secondary N) is 2. The van der Waals surface area contributed by atoms with Crippen LogP contribution in [0.1, 0.15) is 5.56 Å². The Morgan fingerprint density at radius 1 is 1.07 bits per heavy atom. The van der Waals surface area contributed by atoms with Crippen molar-refractivity contribution in [2.75, 3.05) is 63.2 Å². The van der Waals surface area contributed by atoms with E-state index in [9.17, 15) is 4.39 Å². The van der Waals surface area contributed by atoms with Crippen LogP contribution >= 0.6 is 11.6 Å². The molecular formula is C22H27ClFN3O2. The lowest BCUT2D eigenvalue weighted by molar-refractivity contribution is -0.125. The number of hydrogen-bond donors (Lipinski definition) is 2. The normalized spacial score (nSPS) is 18.9. The zero-order valence-electron chi connectivity index (χ0n) is 16.6. The fourth-order valence-corrected chi connectivity index (χ4v) is 4.06. The Hall–Kier alpha value is -1.86. The number of anilines is 3. The molecule has 0 bridgehead atoms.